The van der Waals surface area contributed by atoms with Crippen molar-refractivity contribution >= 4 is 0 Å². The zero-order valence-electron chi connectivity index (χ0n) is 12.0. The lowest BCUT2D eigenvalue weighted by atomic mass is 9.91. The molecule has 2 aliphatic rings. The van der Waals surface area contributed by atoms with Crippen LogP contribution in [0, 0.1) is 5.92 Å². The minimum absolute atomic E-state index is 0.229. The molecule has 106 valence electrons. The van der Waals surface area contributed by atoms with Gasteiger partial charge in [-0.05, 0) is 39.5 Å². The molecule has 2 atom stereocenters. The second kappa shape index (κ2) is 5.63. The lowest BCUT2D eigenvalue weighted by Gasteiger charge is -2.31. The van der Waals surface area contributed by atoms with Crippen molar-refractivity contribution in [3.05, 3.63) is 18.0 Å². The van der Waals surface area contributed by atoms with E-state index in [9.17, 15) is 0 Å². The van der Waals surface area contributed by atoms with Gasteiger partial charge in [0.1, 0.15) is 0 Å². The Balaban J connectivity index is 1.66. The van der Waals surface area contributed by atoms with Crippen molar-refractivity contribution in [2.24, 2.45) is 5.92 Å². The summed E-state index contributed by atoms with van der Waals surface area (Å²) in [7, 11) is 0. The maximum absolute atomic E-state index is 6.03. The molecule has 2 unspecified atom stereocenters. The van der Waals surface area contributed by atoms with E-state index < -0.39 is 0 Å². The molecule has 1 saturated carbocycles. The minimum atomic E-state index is 0.229. The van der Waals surface area contributed by atoms with Gasteiger partial charge in [0.25, 0.3) is 0 Å². The van der Waals surface area contributed by atoms with Gasteiger partial charge in [-0.1, -0.05) is 0 Å². The van der Waals surface area contributed by atoms with E-state index in [-0.39, 0.29) is 6.10 Å². The fraction of sp³-hybridized carbons (Fsp3) is 0.800. The van der Waals surface area contributed by atoms with Crippen LogP contribution in [0.5, 0.6) is 0 Å². The molecule has 0 amide bonds. The number of hydrogen-bond donors (Lipinski definition) is 1. The van der Waals surface area contributed by atoms with E-state index in [2.05, 4.69) is 30.5 Å². The second-order valence-corrected chi connectivity index (χ2v) is 6.22. The molecule has 19 heavy (non-hydrogen) atoms. The van der Waals surface area contributed by atoms with E-state index in [1.54, 1.807) is 0 Å². The zero-order chi connectivity index (χ0) is 13.2. The van der Waals surface area contributed by atoms with Gasteiger partial charge >= 0.3 is 0 Å². The van der Waals surface area contributed by atoms with Gasteiger partial charge in [-0.2, -0.15) is 5.10 Å². The average Bonchev–Trinajstić information content (AvgIpc) is 3.11. The molecule has 1 aromatic rings. The first-order valence-corrected chi connectivity index (χ1v) is 7.63. The summed E-state index contributed by atoms with van der Waals surface area (Å²) in [5, 5.41) is 8.10. The van der Waals surface area contributed by atoms with Crippen LogP contribution in [-0.4, -0.2) is 29.0 Å². The molecule has 0 bridgehead atoms. The van der Waals surface area contributed by atoms with Crippen LogP contribution in [0.15, 0.2) is 12.4 Å². The first kappa shape index (κ1) is 13.1. The maximum Gasteiger partial charge on any atom is 0.0895 e. The van der Waals surface area contributed by atoms with Crippen LogP contribution in [0.2, 0.25) is 0 Å². The second-order valence-electron chi connectivity index (χ2n) is 6.22. The summed E-state index contributed by atoms with van der Waals surface area (Å²) < 4.78 is 8.06. The van der Waals surface area contributed by atoms with Crippen molar-refractivity contribution in [1.82, 2.24) is 15.1 Å². The van der Waals surface area contributed by atoms with Gasteiger partial charge < -0.3 is 10.1 Å². The van der Waals surface area contributed by atoms with Gasteiger partial charge in [-0.15, -0.1) is 0 Å². The first-order chi connectivity index (χ1) is 9.24. The third kappa shape index (κ3) is 3.18. The maximum atomic E-state index is 6.03. The number of nitrogens with zero attached hydrogens (tertiary/aromatic N) is 2. The number of ether oxygens (including phenoxy) is 1. The lowest BCUT2D eigenvalue weighted by Crippen LogP contribution is -2.32. The normalized spacial score (nSPS) is 27.9. The summed E-state index contributed by atoms with van der Waals surface area (Å²) >= 11 is 0. The summed E-state index contributed by atoms with van der Waals surface area (Å²) in [4.78, 5) is 0. The predicted octanol–water partition coefficient (Wildman–Crippen LogP) is 2.68. The molecule has 0 spiro atoms. The lowest BCUT2D eigenvalue weighted by molar-refractivity contribution is -0.0279. The Bertz CT molecular complexity index is 411. The highest BCUT2D eigenvalue weighted by Gasteiger charge is 2.30. The zero-order valence-corrected chi connectivity index (χ0v) is 12.0. The fourth-order valence-corrected chi connectivity index (χ4v) is 2.81. The van der Waals surface area contributed by atoms with Crippen molar-refractivity contribution in [3.63, 3.8) is 0 Å². The Morgan fingerprint density at radius 2 is 2.26 bits per heavy atom. The van der Waals surface area contributed by atoms with Crippen LogP contribution in [-0.2, 0) is 4.74 Å². The third-order valence-corrected chi connectivity index (χ3v) is 4.17. The standard InChI is InChI=1S/C15H25N3O/c1-11(2)18-10-13(9-17-18)15-12(4-3-7-19-15)8-16-14-5-6-14/h9-12,14-16H,3-8H2,1-2H3. The molecule has 2 heterocycles. The molecule has 1 aromatic heterocycles. The summed E-state index contributed by atoms with van der Waals surface area (Å²) in [5.74, 6) is 0.596. The molecule has 0 radical (unpaired) electrons. The SMILES string of the molecule is CC(C)n1cc(C2OCCCC2CNC2CC2)cn1. The minimum Gasteiger partial charge on any atom is -0.373 e. The van der Waals surface area contributed by atoms with Crippen molar-refractivity contribution in [3.8, 4) is 0 Å². The Kier molecular flexibility index (Phi) is 3.89. The molecule has 1 aliphatic carbocycles. The summed E-state index contributed by atoms with van der Waals surface area (Å²) in [6.07, 6.45) is 9.52. The molecule has 4 nitrogen and oxygen atoms in total. The number of aromatic nitrogens is 2. The van der Waals surface area contributed by atoms with Crippen LogP contribution in [0.25, 0.3) is 0 Å². The number of hydrogen-bond acceptors (Lipinski definition) is 3. The predicted molar refractivity (Wildman–Crippen MR) is 75.1 cm³/mol. The quantitative estimate of drug-likeness (QED) is 0.887. The molecule has 0 aromatic carbocycles. The van der Waals surface area contributed by atoms with E-state index >= 15 is 0 Å². The van der Waals surface area contributed by atoms with Crippen LogP contribution in [0.3, 0.4) is 0 Å². The van der Waals surface area contributed by atoms with Gasteiger partial charge in [0.05, 0.1) is 12.3 Å². The molecule has 3 rings (SSSR count). The molecule has 1 N–H and O–H groups in total. The van der Waals surface area contributed by atoms with Crippen LogP contribution in [0.1, 0.15) is 57.2 Å². The van der Waals surface area contributed by atoms with Crippen molar-refractivity contribution in [2.45, 2.75) is 57.7 Å². The van der Waals surface area contributed by atoms with Crippen LogP contribution < -0.4 is 5.32 Å². The largest absolute Gasteiger partial charge is 0.373 e. The number of rotatable bonds is 5. The third-order valence-electron chi connectivity index (χ3n) is 4.17. The van der Waals surface area contributed by atoms with Crippen LogP contribution >= 0.6 is 0 Å². The molecule has 4 heteroatoms. The summed E-state index contributed by atoms with van der Waals surface area (Å²) in [6.45, 7) is 6.29. The van der Waals surface area contributed by atoms with E-state index in [0.29, 0.717) is 12.0 Å². The molecular formula is C15H25N3O. The Morgan fingerprint density at radius 3 is 2.95 bits per heavy atom. The Hall–Kier alpha value is -0.870. The first-order valence-electron chi connectivity index (χ1n) is 7.63. The Morgan fingerprint density at radius 1 is 1.42 bits per heavy atom. The Labute approximate surface area is 115 Å². The monoisotopic (exact) mass is 263 g/mol. The van der Waals surface area contributed by atoms with Gasteiger partial charge in [-0.25, -0.2) is 0 Å². The smallest absolute Gasteiger partial charge is 0.0895 e. The van der Waals surface area contributed by atoms with E-state index in [1.165, 1.54) is 31.2 Å². The van der Waals surface area contributed by atoms with Crippen molar-refractivity contribution < 1.29 is 4.74 Å². The van der Waals surface area contributed by atoms with E-state index in [1.807, 2.05) is 10.9 Å². The van der Waals surface area contributed by atoms with E-state index in [0.717, 1.165) is 19.2 Å². The summed E-state index contributed by atoms with van der Waals surface area (Å²) in [6, 6.07) is 1.20. The highest BCUT2D eigenvalue weighted by molar-refractivity contribution is 5.11. The van der Waals surface area contributed by atoms with Gasteiger partial charge in [0.15, 0.2) is 0 Å². The summed E-state index contributed by atoms with van der Waals surface area (Å²) in [5.41, 5.74) is 1.25. The van der Waals surface area contributed by atoms with Gasteiger partial charge in [0.2, 0.25) is 0 Å². The molecule has 2 fully saturated rings. The average molecular weight is 263 g/mol. The van der Waals surface area contributed by atoms with Crippen molar-refractivity contribution in [2.75, 3.05) is 13.2 Å². The highest BCUT2D eigenvalue weighted by atomic mass is 16.5. The topological polar surface area (TPSA) is 39.1 Å². The van der Waals surface area contributed by atoms with Crippen molar-refractivity contribution in [1.29, 1.82) is 0 Å². The van der Waals surface area contributed by atoms with Gasteiger partial charge in [-0.3, -0.25) is 4.68 Å². The number of nitrogens with one attached hydrogen (secondary N) is 1. The molecule has 1 aliphatic heterocycles. The molecule has 1 saturated heterocycles. The van der Waals surface area contributed by atoms with Crippen LogP contribution in [0.4, 0.5) is 0 Å². The molecular weight excluding hydrogens is 238 g/mol. The highest BCUT2D eigenvalue weighted by Crippen LogP contribution is 2.34. The van der Waals surface area contributed by atoms with E-state index in [4.69, 9.17) is 4.74 Å². The van der Waals surface area contributed by atoms with Gasteiger partial charge in [0, 0.05) is 42.9 Å². The fourth-order valence-electron chi connectivity index (χ4n) is 2.81.